The molecule has 0 unspecified atom stereocenters. The molecule has 37 heavy (non-hydrogen) atoms. The van der Waals surface area contributed by atoms with E-state index in [-0.39, 0.29) is 35.1 Å². The number of rotatable bonds is 7. The molecule has 0 spiro atoms. The van der Waals surface area contributed by atoms with E-state index in [1.54, 1.807) is 43.3 Å². The van der Waals surface area contributed by atoms with E-state index in [1.807, 2.05) is 17.5 Å². The summed E-state index contributed by atoms with van der Waals surface area (Å²) in [5.74, 6) is -1.30. The van der Waals surface area contributed by atoms with Gasteiger partial charge in [0.2, 0.25) is 5.88 Å². The number of carbonyl (C=O) groups excluding carboxylic acids is 1. The zero-order valence-electron chi connectivity index (χ0n) is 19.6. The first-order valence-corrected chi connectivity index (χ1v) is 12.9. The van der Waals surface area contributed by atoms with Crippen LogP contribution in [-0.2, 0) is 14.3 Å². The number of ether oxygens (including phenoxy) is 2. The van der Waals surface area contributed by atoms with Gasteiger partial charge in [-0.2, -0.15) is 15.8 Å². The van der Waals surface area contributed by atoms with E-state index in [0.717, 1.165) is 10.6 Å². The highest BCUT2D eigenvalue weighted by Gasteiger charge is 2.37. The zero-order valence-corrected chi connectivity index (χ0v) is 21.2. The fourth-order valence-electron chi connectivity index (χ4n) is 3.77. The number of nitriles is 3. The van der Waals surface area contributed by atoms with Crippen molar-refractivity contribution >= 4 is 29.1 Å². The molecule has 0 saturated heterocycles. The molecule has 4 rings (SSSR count). The van der Waals surface area contributed by atoms with Crippen LogP contribution in [0.25, 0.3) is 10.6 Å². The first-order chi connectivity index (χ1) is 18.0. The van der Waals surface area contributed by atoms with E-state index in [0.29, 0.717) is 21.7 Å². The Balaban J connectivity index is 1.77. The molecule has 0 saturated carbocycles. The number of nitrogens with two attached hydrogens (primary N) is 1. The van der Waals surface area contributed by atoms with Crippen molar-refractivity contribution in [2.75, 3.05) is 12.4 Å². The molecule has 1 aromatic carbocycles. The zero-order chi connectivity index (χ0) is 26.4. The number of hydrogen-bond donors (Lipinski definition) is 1. The molecule has 182 valence electrons. The average molecular weight is 526 g/mol. The Bertz CT molecular complexity index is 1520. The highest BCUT2D eigenvalue weighted by atomic mass is 32.2. The third kappa shape index (κ3) is 5.34. The van der Waals surface area contributed by atoms with Gasteiger partial charge in [0.1, 0.15) is 28.5 Å². The average Bonchev–Trinajstić information content (AvgIpc) is 3.46. The predicted octanol–water partition coefficient (Wildman–Crippen LogP) is 4.97. The Kier molecular flexibility index (Phi) is 7.90. The van der Waals surface area contributed by atoms with Gasteiger partial charge in [-0.1, -0.05) is 30.0 Å². The minimum atomic E-state index is -0.845. The predicted molar refractivity (Wildman–Crippen MR) is 138 cm³/mol. The fourth-order valence-corrected chi connectivity index (χ4v) is 5.38. The van der Waals surface area contributed by atoms with Crippen LogP contribution in [0.5, 0.6) is 0 Å². The van der Waals surface area contributed by atoms with Gasteiger partial charge in [0.05, 0.1) is 51.6 Å². The molecular weight excluding hydrogens is 506 g/mol. The van der Waals surface area contributed by atoms with Gasteiger partial charge in [-0.3, -0.25) is 0 Å². The van der Waals surface area contributed by atoms with Crippen LogP contribution in [0.4, 0.5) is 0 Å². The maximum Gasteiger partial charge on any atom is 0.338 e. The van der Waals surface area contributed by atoms with Crippen LogP contribution < -0.4 is 5.73 Å². The molecule has 0 fully saturated rings. The molecule has 1 atom stereocenters. The lowest BCUT2D eigenvalue weighted by molar-refractivity contribution is -0.139. The van der Waals surface area contributed by atoms with Gasteiger partial charge >= 0.3 is 5.97 Å². The number of pyridine rings is 1. The van der Waals surface area contributed by atoms with Gasteiger partial charge in [-0.25, -0.2) is 9.78 Å². The molecule has 0 amide bonds. The summed E-state index contributed by atoms with van der Waals surface area (Å²) in [7, 11) is 0. The first kappa shape index (κ1) is 25.5. The summed E-state index contributed by atoms with van der Waals surface area (Å²) < 4.78 is 11.1. The third-order valence-corrected chi connectivity index (χ3v) is 7.34. The Hall–Kier alpha value is -4.56. The Morgan fingerprint density at radius 2 is 1.92 bits per heavy atom. The largest absolute Gasteiger partial charge is 0.463 e. The van der Waals surface area contributed by atoms with Crippen molar-refractivity contribution in [3.63, 3.8) is 0 Å². The summed E-state index contributed by atoms with van der Waals surface area (Å²) in [5, 5.41) is 31.1. The van der Waals surface area contributed by atoms with E-state index in [4.69, 9.17) is 20.5 Å². The smallest absolute Gasteiger partial charge is 0.338 e. The second kappa shape index (κ2) is 11.5. The minimum Gasteiger partial charge on any atom is -0.463 e. The SMILES string of the molecule is CCOC(=O)C1=C(CSc2nc(-c3cccs3)ccc2C#N)OC(N)=C(C#N)[C@@H]1c1ccc(C#N)cc1. The molecule has 1 aliphatic heterocycles. The number of hydrogen-bond acceptors (Lipinski definition) is 10. The van der Waals surface area contributed by atoms with Gasteiger partial charge < -0.3 is 15.2 Å². The summed E-state index contributed by atoms with van der Waals surface area (Å²) in [4.78, 5) is 18.8. The molecule has 8 nitrogen and oxygen atoms in total. The van der Waals surface area contributed by atoms with Crippen molar-refractivity contribution in [1.29, 1.82) is 15.8 Å². The minimum absolute atomic E-state index is 0.0667. The van der Waals surface area contributed by atoms with Crippen LogP contribution in [0.15, 0.2) is 81.7 Å². The van der Waals surface area contributed by atoms with E-state index >= 15 is 0 Å². The Labute approximate surface area is 221 Å². The summed E-state index contributed by atoms with van der Waals surface area (Å²) in [5.41, 5.74) is 8.46. The van der Waals surface area contributed by atoms with E-state index < -0.39 is 11.9 Å². The van der Waals surface area contributed by atoms with E-state index in [1.165, 1.54) is 23.1 Å². The van der Waals surface area contributed by atoms with E-state index in [9.17, 15) is 15.3 Å². The lowest BCUT2D eigenvalue weighted by Crippen LogP contribution is -2.27. The van der Waals surface area contributed by atoms with Gasteiger partial charge in [0.15, 0.2) is 0 Å². The summed E-state index contributed by atoms with van der Waals surface area (Å²) >= 11 is 2.75. The van der Waals surface area contributed by atoms with Gasteiger partial charge in [0, 0.05) is 0 Å². The van der Waals surface area contributed by atoms with Crippen LogP contribution in [0.2, 0.25) is 0 Å². The molecule has 3 aromatic rings. The number of esters is 1. The van der Waals surface area contributed by atoms with Crippen LogP contribution in [0.3, 0.4) is 0 Å². The van der Waals surface area contributed by atoms with Gasteiger partial charge in [-0.05, 0) is 48.2 Å². The number of carbonyl (C=O) groups is 1. The molecule has 2 aromatic heterocycles. The topological polar surface area (TPSA) is 146 Å². The first-order valence-electron chi connectivity index (χ1n) is 11.1. The highest BCUT2D eigenvalue weighted by Crippen LogP contribution is 2.41. The standard InChI is InChI=1S/C27H19N5O3S2/c1-2-34-27(33)24-21(15-37-26-18(13-29)9-10-20(32-26)22-4-3-11-36-22)35-25(31)19(14-30)23(24)17-7-5-16(12-28)6-8-17/h3-11,23H,2,15,31H2,1H3/t23-/m0/s1. The molecule has 1 aliphatic rings. The number of benzene rings is 1. The highest BCUT2D eigenvalue weighted by molar-refractivity contribution is 7.99. The molecule has 3 heterocycles. The molecular formula is C27H19N5O3S2. The second-order valence-corrected chi connectivity index (χ2v) is 9.55. The van der Waals surface area contributed by atoms with Crippen molar-refractivity contribution in [2.24, 2.45) is 5.73 Å². The lowest BCUT2D eigenvalue weighted by atomic mass is 9.83. The number of aromatic nitrogens is 1. The van der Waals surface area contributed by atoms with Crippen LogP contribution in [-0.4, -0.2) is 23.3 Å². The number of thiophene rings is 1. The normalized spacial score (nSPS) is 14.8. The van der Waals surface area contributed by atoms with Crippen LogP contribution in [0.1, 0.15) is 29.5 Å². The third-order valence-electron chi connectivity index (χ3n) is 5.46. The lowest BCUT2D eigenvalue weighted by Gasteiger charge is -2.28. The van der Waals surface area contributed by atoms with Gasteiger partial charge in [-0.15, -0.1) is 11.3 Å². The van der Waals surface area contributed by atoms with Crippen LogP contribution in [0, 0.1) is 34.0 Å². The second-order valence-electron chi connectivity index (χ2n) is 7.64. The maximum absolute atomic E-state index is 13.2. The van der Waals surface area contributed by atoms with Crippen molar-refractivity contribution in [1.82, 2.24) is 4.98 Å². The molecule has 0 bridgehead atoms. The van der Waals surface area contributed by atoms with Crippen molar-refractivity contribution in [3.05, 3.63) is 93.4 Å². The number of thioether (sulfide) groups is 1. The monoisotopic (exact) mass is 525 g/mol. The van der Waals surface area contributed by atoms with Crippen molar-refractivity contribution in [2.45, 2.75) is 17.9 Å². The summed E-state index contributed by atoms with van der Waals surface area (Å²) in [6, 6.07) is 20.2. The van der Waals surface area contributed by atoms with Gasteiger partial charge in [0.25, 0.3) is 0 Å². The summed E-state index contributed by atoms with van der Waals surface area (Å²) in [6.45, 7) is 1.80. The Morgan fingerprint density at radius 3 is 2.54 bits per heavy atom. The van der Waals surface area contributed by atoms with Crippen molar-refractivity contribution in [3.8, 4) is 28.8 Å². The van der Waals surface area contributed by atoms with E-state index in [2.05, 4.69) is 23.2 Å². The molecule has 0 aliphatic carbocycles. The fraction of sp³-hybridized carbons (Fsp3) is 0.148. The number of allylic oxidation sites excluding steroid dienone is 1. The number of nitrogens with zero attached hydrogens (tertiary/aromatic N) is 4. The molecule has 2 N–H and O–H groups in total. The Morgan fingerprint density at radius 1 is 1.14 bits per heavy atom. The van der Waals surface area contributed by atoms with Crippen LogP contribution >= 0.6 is 23.1 Å². The molecule has 10 heteroatoms. The van der Waals surface area contributed by atoms with Crippen molar-refractivity contribution < 1.29 is 14.3 Å². The summed E-state index contributed by atoms with van der Waals surface area (Å²) in [6.07, 6.45) is 0. The quantitative estimate of drug-likeness (QED) is 0.333. The maximum atomic E-state index is 13.2. The molecule has 0 radical (unpaired) electrons.